The summed E-state index contributed by atoms with van der Waals surface area (Å²) in [5.41, 5.74) is 4.08. The van der Waals surface area contributed by atoms with Gasteiger partial charge in [0, 0.05) is 42.7 Å². The number of piperidine rings is 1. The average Bonchev–Trinajstić information content (AvgIpc) is 3.55. The molecule has 3 aromatic rings. The van der Waals surface area contributed by atoms with E-state index >= 15 is 0 Å². The molecule has 2 aromatic carbocycles. The van der Waals surface area contributed by atoms with Crippen molar-refractivity contribution in [1.29, 1.82) is 0 Å². The molecule has 3 heterocycles. The Balaban J connectivity index is 1.15. The van der Waals surface area contributed by atoms with E-state index < -0.39 is 5.97 Å². The normalized spacial score (nSPS) is 25.5. The van der Waals surface area contributed by atoms with Crippen LogP contribution in [0.15, 0.2) is 60.8 Å². The molecule has 3 atom stereocenters. The van der Waals surface area contributed by atoms with Crippen molar-refractivity contribution in [3.8, 4) is 0 Å². The Bertz CT molecular complexity index is 1180. The highest BCUT2D eigenvalue weighted by Crippen LogP contribution is 2.39. The molecule has 0 spiro atoms. The van der Waals surface area contributed by atoms with Crippen LogP contribution in [-0.4, -0.2) is 64.6 Å². The molecular formula is C32H41N3O2. The van der Waals surface area contributed by atoms with Gasteiger partial charge >= 0.3 is 5.97 Å². The van der Waals surface area contributed by atoms with Gasteiger partial charge in [0.1, 0.15) is 6.04 Å². The summed E-state index contributed by atoms with van der Waals surface area (Å²) < 4.78 is 0. The first-order valence-electron chi connectivity index (χ1n) is 14.5. The summed E-state index contributed by atoms with van der Waals surface area (Å²) in [7, 11) is 0. The summed E-state index contributed by atoms with van der Waals surface area (Å²) >= 11 is 0. The second-order valence-corrected chi connectivity index (χ2v) is 11.8. The highest BCUT2D eigenvalue weighted by molar-refractivity contribution is 5.83. The van der Waals surface area contributed by atoms with E-state index in [-0.39, 0.29) is 6.04 Å². The number of aromatic nitrogens is 1. The van der Waals surface area contributed by atoms with Gasteiger partial charge in [0.05, 0.1) is 0 Å². The van der Waals surface area contributed by atoms with E-state index in [0.717, 1.165) is 45.6 Å². The van der Waals surface area contributed by atoms with Crippen molar-refractivity contribution in [2.45, 2.75) is 62.8 Å². The maximum Gasteiger partial charge on any atom is 0.321 e. The van der Waals surface area contributed by atoms with Gasteiger partial charge in [0.2, 0.25) is 0 Å². The molecule has 1 aliphatic carbocycles. The molecule has 2 N–H and O–H groups in total. The van der Waals surface area contributed by atoms with E-state index in [0.29, 0.717) is 23.7 Å². The third kappa shape index (κ3) is 5.21. The van der Waals surface area contributed by atoms with Crippen molar-refractivity contribution in [1.82, 2.24) is 14.8 Å². The largest absolute Gasteiger partial charge is 0.480 e. The minimum absolute atomic E-state index is 0.299. The molecule has 0 radical (unpaired) electrons. The van der Waals surface area contributed by atoms with Gasteiger partial charge in [-0.3, -0.25) is 9.69 Å². The monoisotopic (exact) mass is 499 g/mol. The van der Waals surface area contributed by atoms with Crippen LogP contribution >= 0.6 is 0 Å². The number of aromatic amines is 1. The third-order valence-corrected chi connectivity index (χ3v) is 9.58. The number of carboxylic acids is 1. The number of H-pyrrole nitrogens is 1. The molecule has 37 heavy (non-hydrogen) atoms. The number of hydrogen-bond acceptors (Lipinski definition) is 3. The standard InChI is InChI=1S/C32H41N3O2/c36-32(37)31(25-11-5-2-6-12-25)35-21-26(29(22-35)23-9-3-1-4-10-23)20-34-17-15-24(16-18-34)28-19-33-30-14-8-7-13-27(28)30/h1,3-4,7-10,13-14,19,24-26,29,31,33H,2,5-6,11-12,15-18,20-22H2,(H,36,37)/t26-,29+,31+/m0/s1. The van der Waals surface area contributed by atoms with E-state index in [2.05, 4.69) is 75.6 Å². The molecule has 1 aromatic heterocycles. The zero-order valence-electron chi connectivity index (χ0n) is 21.9. The minimum atomic E-state index is -0.612. The summed E-state index contributed by atoms with van der Waals surface area (Å²) in [6.07, 6.45) is 10.3. The Morgan fingerprint density at radius 3 is 2.41 bits per heavy atom. The summed E-state index contributed by atoms with van der Waals surface area (Å²) in [5.74, 6) is 1.17. The number of carbonyl (C=O) groups is 1. The first-order chi connectivity index (χ1) is 18.2. The second kappa shape index (κ2) is 11.0. The fourth-order valence-electron chi connectivity index (χ4n) is 7.69. The van der Waals surface area contributed by atoms with E-state index in [1.807, 2.05) is 0 Å². The number of nitrogens with one attached hydrogen (secondary N) is 1. The maximum absolute atomic E-state index is 12.5. The fraction of sp³-hybridized carbons (Fsp3) is 0.531. The first-order valence-corrected chi connectivity index (χ1v) is 14.5. The topological polar surface area (TPSA) is 59.6 Å². The average molecular weight is 500 g/mol. The molecule has 1 saturated carbocycles. The SMILES string of the molecule is O=C(O)[C@@H](C1CCCCC1)N1C[C@H](CN2CCC(c3c[nH]c4ccccc34)CC2)[C@@H](c2ccccc2)C1. The predicted octanol–water partition coefficient (Wildman–Crippen LogP) is 6.10. The number of rotatable bonds is 7. The Hall–Kier alpha value is -2.63. The number of likely N-dealkylation sites (tertiary alicyclic amines) is 2. The Kier molecular flexibility index (Phi) is 7.34. The molecule has 2 saturated heterocycles. The lowest BCUT2D eigenvalue weighted by atomic mass is 9.83. The number of benzene rings is 2. The van der Waals surface area contributed by atoms with Crippen molar-refractivity contribution in [2.75, 3.05) is 32.7 Å². The van der Waals surface area contributed by atoms with Crippen molar-refractivity contribution in [3.63, 3.8) is 0 Å². The zero-order valence-corrected chi connectivity index (χ0v) is 21.9. The van der Waals surface area contributed by atoms with Crippen LogP contribution < -0.4 is 0 Å². The number of fused-ring (bicyclic) bond motifs is 1. The lowest BCUT2D eigenvalue weighted by Gasteiger charge is -2.35. The van der Waals surface area contributed by atoms with Crippen LogP contribution in [0.5, 0.6) is 0 Å². The van der Waals surface area contributed by atoms with Crippen LogP contribution in [0.1, 0.15) is 67.9 Å². The third-order valence-electron chi connectivity index (χ3n) is 9.58. The highest BCUT2D eigenvalue weighted by Gasteiger charge is 2.43. The zero-order chi connectivity index (χ0) is 25.2. The van der Waals surface area contributed by atoms with E-state index in [1.54, 1.807) is 0 Å². The molecule has 3 fully saturated rings. The first kappa shape index (κ1) is 24.7. The van der Waals surface area contributed by atoms with Gasteiger partial charge < -0.3 is 15.0 Å². The van der Waals surface area contributed by atoms with Crippen molar-refractivity contribution in [3.05, 3.63) is 71.9 Å². The Morgan fingerprint density at radius 2 is 1.65 bits per heavy atom. The smallest absolute Gasteiger partial charge is 0.321 e. The van der Waals surface area contributed by atoms with E-state index in [4.69, 9.17) is 0 Å². The highest BCUT2D eigenvalue weighted by atomic mass is 16.4. The van der Waals surface area contributed by atoms with Crippen molar-refractivity contribution >= 4 is 16.9 Å². The summed E-state index contributed by atoms with van der Waals surface area (Å²) in [6.45, 7) is 5.07. The molecule has 6 rings (SSSR count). The number of para-hydroxylation sites is 1. The van der Waals surface area contributed by atoms with Gasteiger partial charge in [-0.2, -0.15) is 0 Å². The summed E-state index contributed by atoms with van der Waals surface area (Å²) in [4.78, 5) is 21.0. The van der Waals surface area contributed by atoms with Crippen LogP contribution in [0.25, 0.3) is 10.9 Å². The molecule has 0 bridgehead atoms. The molecule has 2 aliphatic heterocycles. The lowest BCUT2D eigenvalue weighted by molar-refractivity contribution is -0.145. The maximum atomic E-state index is 12.5. The molecule has 0 amide bonds. The van der Waals surface area contributed by atoms with Crippen LogP contribution in [0.3, 0.4) is 0 Å². The second-order valence-electron chi connectivity index (χ2n) is 11.8. The molecule has 3 aliphatic rings. The van der Waals surface area contributed by atoms with Crippen molar-refractivity contribution < 1.29 is 9.90 Å². The van der Waals surface area contributed by atoms with E-state index in [9.17, 15) is 9.90 Å². The quantitative estimate of drug-likeness (QED) is 0.413. The van der Waals surface area contributed by atoms with Gasteiger partial charge in [-0.15, -0.1) is 0 Å². The number of carboxylic acid groups (broad SMARTS) is 1. The van der Waals surface area contributed by atoms with Crippen molar-refractivity contribution in [2.24, 2.45) is 11.8 Å². The molecular weight excluding hydrogens is 458 g/mol. The van der Waals surface area contributed by atoms with Gasteiger partial charge in [0.15, 0.2) is 0 Å². The Morgan fingerprint density at radius 1 is 0.919 bits per heavy atom. The van der Waals surface area contributed by atoms with Crippen LogP contribution in [0.2, 0.25) is 0 Å². The Labute approximate surface area is 220 Å². The van der Waals surface area contributed by atoms with E-state index in [1.165, 1.54) is 54.1 Å². The number of nitrogens with zero attached hydrogens (tertiary/aromatic N) is 2. The van der Waals surface area contributed by atoms with Crippen LogP contribution in [0.4, 0.5) is 0 Å². The molecule has 196 valence electrons. The van der Waals surface area contributed by atoms with Crippen LogP contribution in [0, 0.1) is 11.8 Å². The fourth-order valence-corrected chi connectivity index (χ4v) is 7.69. The summed E-state index contributed by atoms with van der Waals surface area (Å²) in [6, 6.07) is 19.2. The van der Waals surface area contributed by atoms with Gasteiger partial charge in [-0.25, -0.2) is 0 Å². The number of aliphatic carboxylic acids is 1. The molecule has 5 nitrogen and oxygen atoms in total. The van der Waals surface area contributed by atoms with Gasteiger partial charge in [-0.05, 0) is 73.7 Å². The summed E-state index contributed by atoms with van der Waals surface area (Å²) in [5, 5.41) is 11.7. The molecule has 5 heteroatoms. The van der Waals surface area contributed by atoms with Gasteiger partial charge in [-0.1, -0.05) is 67.8 Å². The number of hydrogen-bond donors (Lipinski definition) is 2. The molecule has 0 unspecified atom stereocenters. The minimum Gasteiger partial charge on any atom is -0.480 e. The predicted molar refractivity (Wildman–Crippen MR) is 149 cm³/mol. The lowest BCUT2D eigenvalue weighted by Crippen LogP contribution is -2.46. The van der Waals surface area contributed by atoms with Crippen LogP contribution in [-0.2, 0) is 4.79 Å². The van der Waals surface area contributed by atoms with Gasteiger partial charge in [0.25, 0.3) is 0 Å².